The number of aliphatic hydroxyl groups is 1. The molecule has 0 saturated carbocycles. The van der Waals surface area contributed by atoms with Gasteiger partial charge < -0.3 is 16.2 Å². The summed E-state index contributed by atoms with van der Waals surface area (Å²) in [7, 11) is 0. The topological polar surface area (TPSA) is 84.1 Å². The average molecular weight is 196 g/mol. The molecule has 0 radical (unpaired) electrons. The van der Waals surface area contributed by atoms with Crippen molar-refractivity contribution < 1.29 is 5.11 Å². The van der Waals surface area contributed by atoms with Crippen molar-refractivity contribution in [2.24, 2.45) is 0 Å². The van der Waals surface area contributed by atoms with Gasteiger partial charge in [0.25, 0.3) is 0 Å². The Hall–Kier alpha value is -1.36. The number of hydrogen-bond donors (Lipinski definition) is 3. The van der Waals surface area contributed by atoms with Gasteiger partial charge in [-0.15, -0.1) is 0 Å². The lowest BCUT2D eigenvalue weighted by molar-refractivity contribution is 0.164. The molecular formula is C9H16N4O. The molecule has 1 aromatic rings. The first-order chi connectivity index (χ1) is 6.72. The monoisotopic (exact) mass is 196 g/mol. The van der Waals surface area contributed by atoms with E-state index >= 15 is 0 Å². The maximum Gasteiger partial charge on any atom is 0.146 e. The highest BCUT2D eigenvalue weighted by Gasteiger charge is 2.00. The van der Waals surface area contributed by atoms with Gasteiger partial charge in [-0.05, 0) is 12.8 Å². The van der Waals surface area contributed by atoms with Gasteiger partial charge in [0, 0.05) is 6.54 Å². The second-order valence-corrected chi connectivity index (χ2v) is 3.11. The van der Waals surface area contributed by atoms with Crippen LogP contribution in [-0.2, 0) is 0 Å². The maximum absolute atomic E-state index is 9.29. The number of nitrogens with two attached hydrogens (primary N) is 1. The molecule has 0 aliphatic carbocycles. The predicted molar refractivity (Wildman–Crippen MR) is 55.8 cm³/mol. The molecule has 0 aliphatic heterocycles. The minimum absolute atomic E-state index is 0.253. The van der Waals surface area contributed by atoms with Gasteiger partial charge in [0.2, 0.25) is 0 Å². The Kier molecular flexibility index (Phi) is 4.12. The largest absolute Gasteiger partial charge is 0.393 e. The van der Waals surface area contributed by atoms with Crippen LogP contribution in [0.15, 0.2) is 12.4 Å². The van der Waals surface area contributed by atoms with Gasteiger partial charge >= 0.3 is 0 Å². The first-order valence-electron chi connectivity index (χ1n) is 4.71. The van der Waals surface area contributed by atoms with Crippen LogP contribution in [0.2, 0.25) is 0 Å². The summed E-state index contributed by atoms with van der Waals surface area (Å²) in [5.41, 5.74) is 5.45. The van der Waals surface area contributed by atoms with Crippen LogP contribution in [0.5, 0.6) is 0 Å². The minimum Gasteiger partial charge on any atom is -0.393 e. The molecule has 4 N–H and O–H groups in total. The molecule has 14 heavy (non-hydrogen) atoms. The molecule has 1 atom stereocenters. The van der Waals surface area contributed by atoms with E-state index < -0.39 is 0 Å². The number of aliphatic hydroxyl groups excluding tert-OH is 1. The second kappa shape index (κ2) is 5.39. The number of nitrogens with one attached hydrogen (secondary N) is 1. The van der Waals surface area contributed by atoms with E-state index in [9.17, 15) is 5.11 Å². The van der Waals surface area contributed by atoms with Crippen LogP contribution in [0.25, 0.3) is 0 Å². The van der Waals surface area contributed by atoms with Crippen LogP contribution in [0, 0.1) is 0 Å². The van der Waals surface area contributed by atoms with Crippen molar-refractivity contribution in [1.82, 2.24) is 9.97 Å². The van der Waals surface area contributed by atoms with E-state index in [0.29, 0.717) is 24.6 Å². The van der Waals surface area contributed by atoms with Crippen LogP contribution >= 0.6 is 0 Å². The van der Waals surface area contributed by atoms with Gasteiger partial charge in [-0.25, -0.2) is 4.98 Å². The van der Waals surface area contributed by atoms with Gasteiger partial charge in [-0.3, -0.25) is 4.98 Å². The first-order valence-corrected chi connectivity index (χ1v) is 4.71. The molecule has 0 aromatic carbocycles. The smallest absolute Gasteiger partial charge is 0.146 e. The Labute approximate surface area is 83.4 Å². The molecule has 1 heterocycles. The van der Waals surface area contributed by atoms with E-state index in [0.717, 1.165) is 6.42 Å². The molecule has 1 rings (SSSR count). The fourth-order valence-corrected chi connectivity index (χ4v) is 1.04. The van der Waals surface area contributed by atoms with Crippen molar-refractivity contribution in [3.63, 3.8) is 0 Å². The quantitative estimate of drug-likeness (QED) is 0.643. The lowest BCUT2D eigenvalue weighted by Crippen LogP contribution is -2.13. The van der Waals surface area contributed by atoms with E-state index in [4.69, 9.17) is 5.73 Å². The molecule has 5 nitrogen and oxygen atoms in total. The summed E-state index contributed by atoms with van der Waals surface area (Å²) in [6.45, 7) is 2.62. The molecule has 0 spiro atoms. The van der Waals surface area contributed by atoms with Crippen LogP contribution in [0.3, 0.4) is 0 Å². The van der Waals surface area contributed by atoms with Crippen molar-refractivity contribution in [2.75, 3.05) is 17.6 Å². The van der Waals surface area contributed by atoms with Crippen LogP contribution in [-0.4, -0.2) is 27.7 Å². The van der Waals surface area contributed by atoms with Gasteiger partial charge in [-0.2, -0.15) is 0 Å². The summed E-state index contributed by atoms with van der Waals surface area (Å²) in [5.74, 6) is 1.04. The summed E-state index contributed by atoms with van der Waals surface area (Å²) in [6, 6.07) is 0. The first kappa shape index (κ1) is 10.7. The predicted octanol–water partition coefficient (Wildman–Crippen LogP) is 0.632. The molecule has 1 aromatic heterocycles. The van der Waals surface area contributed by atoms with Crippen molar-refractivity contribution in [1.29, 1.82) is 0 Å². The molecule has 0 amide bonds. The lowest BCUT2D eigenvalue weighted by atomic mass is 10.2. The lowest BCUT2D eigenvalue weighted by Gasteiger charge is -2.08. The number of rotatable bonds is 5. The Bertz CT molecular complexity index is 279. The van der Waals surface area contributed by atoms with Crippen molar-refractivity contribution >= 4 is 11.6 Å². The molecular weight excluding hydrogens is 180 g/mol. The van der Waals surface area contributed by atoms with Crippen molar-refractivity contribution in [3.05, 3.63) is 12.4 Å². The van der Waals surface area contributed by atoms with E-state index in [2.05, 4.69) is 15.3 Å². The summed E-state index contributed by atoms with van der Waals surface area (Å²) in [6.07, 6.45) is 4.31. The zero-order valence-corrected chi connectivity index (χ0v) is 8.27. The Morgan fingerprint density at radius 1 is 1.57 bits per heavy atom. The van der Waals surface area contributed by atoms with Gasteiger partial charge in [-0.1, -0.05) is 6.92 Å². The molecule has 0 bridgehead atoms. The van der Waals surface area contributed by atoms with Gasteiger partial charge in [0.05, 0.1) is 18.5 Å². The summed E-state index contributed by atoms with van der Waals surface area (Å²) < 4.78 is 0. The highest BCUT2D eigenvalue weighted by atomic mass is 16.3. The number of nitrogen functional groups attached to an aromatic ring is 1. The Balaban J connectivity index is 2.31. The SMILES string of the molecule is CCC(O)CCNc1cncc(N)n1. The molecule has 0 saturated heterocycles. The van der Waals surface area contributed by atoms with Crippen LogP contribution in [0.1, 0.15) is 19.8 Å². The molecule has 0 aliphatic rings. The molecule has 78 valence electrons. The van der Waals surface area contributed by atoms with Gasteiger partial charge in [0.1, 0.15) is 11.6 Å². The third-order valence-electron chi connectivity index (χ3n) is 1.91. The third-order valence-corrected chi connectivity index (χ3v) is 1.91. The van der Waals surface area contributed by atoms with E-state index in [-0.39, 0.29) is 6.10 Å². The van der Waals surface area contributed by atoms with E-state index in [1.807, 2.05) is 6.92 Å². The molecule has 0 fully saturated rings. The average Bonchev–Trinajstić information content (AvgIpc) is 2.17. The number of anilines is 2. The van der Waals surface area contributed by atoms with Crippen molar-refractivity contribution in [3.8, 4) is 0 Å². The number of hydrogen-bond acceptors (Lipinski definition) is 5. The standard InChI is InChI=1S/C9H16N4O/c1-2-7(14)3-4-12-9-6-11-5-8(10)13-9/h5-7,14H,2-4H2,1H3,(H3,10,12,13). The zero-order valence-electron chi connectivity index (χ0n) is 8.27. The van der Waals surface area contributed by atoms with Crippen LogP contribution < -0.4 is 11.1 Å². The highest BCUT2D eigenvalue weighted by molar-refractivity contribution is 5.38. The van der Waals surface area contributed by atoms with E-state index in [1.165, 1.54) is 6.20 Å². The molecule has 1 unspecified atom stereocenters. The second-order valence-electron chi connectivity index (χ2n) is 3.11. The van der Waals surface area contributed by atoms with Gasteiger partial charge in [0.15, 0.2) is 0 Å². The summed E-state index contributed by atoms with van der Waals surface area (Å²) in [5, 5.41) is 12.3. The van der Waals surface area contributed by atoms with Crippen molar-refractivity contribution in [2.45, 2.75) is 25.9 Å². The summed E-state index contributed by atoms with van der Waals surface area (Å²) in [4.78, 5) is 7.91. The fourth-order valence-electron chi connectivity index (χ4n) is 1.04. The summed E-state index contributed by atoms with van der Waals surface area (Å²) >= 11 is 0. The number of aromatic nitrogens is 2. The Morgan fingerprint density at radius 2 is 2.36 bits per heavy atom. The fraction of sp³-hybridized carbons (Fsp3) is 0.556. The highest BCUT2D eigenvalue weighted by Crippen LogP contribution is 2.03. The molecule has 5 heteroatoms. The Morgan fingerprint density at radius 3 is 3.00 bits per heavy atom. The third kappa shape index (κ3) is 3.57. The normalized spacial score (nSPS) is 12.4. The zero-order chi connectivity index (χ0) is 10.4. The maximum atomic E-state index is 9.29. The van der Waals surface area contributed by atoms with E-state index in [1.54, 1.807) is 6.20 Å². The minimum atomic E-state index is -0.253. The van der Waals surface area contributed by atoms with Crippen LogP contribution in [0.4, 0.5) is 11.6 Å². The number of nitrogens with zero attached hydrogens (tertiary/aromatic N) is 2.